The maximum atomic E-state index is 12.3. The van der Waals surface area contributed by atoms with Crippen LogP contribution in [0.1, 0.15) is 24.2 Å². The summed E-state index contributed by atoms with van der Waals surface area (Å²) in [6, 6.07) is 13.2. The van der Waals surface area contributed by atoms with Crippen molar-refractivity contribution in [1.29, 1.82) is 0 Å². The summed E-state index contributed by atoms with van der Waals surface area (Å²) in [6.45, 7) is 3.93. The fraction of sp³-hybridized carbons (Fsp3) is 0.267. The van der Waals surface area contributed by atoms with Gasteiger partial charge in [0.05, 0.1) is 6.04 Å². The SMILES string of the molecule is CC(C)[C@@H](N)C(=O)c1cccc2ccccc12. The van der Waals surface area contributed by atoms with Crippen molar-refractivity contribution in [2.24, 2.45) is 11.7 Å². The molecule has 0 amide bonds. The summed E-state index contributed by atoms with van der Waals surface area (Å²) in [5.74, 6) is 0.179. The molecule has 0 aliphatic carbocycles. The second kappa shape index (κ2) is 4.68. The number of carbonyl (C=O) groups excluding carboxylic acids is 1. The third-order valence-corrected chi connectivity index (χ3v) is 3.08. The number of hydrogen-bond donors (Lipinski definition) is 1. The second-order valence-corrected chi connectivity index (χ2v) is 4.66. The van der Waals surface area contributed by atoms with Crippen LogP contribution in [0.3, 0.4) is 0 Å². The number of carbonyl (C=O) groups is 1. The highest BCUT2D eigenvalue weighted by Crippen LogP contribution is 2.20. The van der Waals surface area contributed by atoms with Crippen molar-refractivity contribution in [3.05, 3.63) is 48.0 Å². The van der Waals surface area contributed by atoms with Gasteiger partial charge in [0, 0.05) is 5.56 Å². The Balaban J connectivity index is 2.52. The molecule has 0 saturated carbocycles. The smallest absolute Gasteiger partial charge is 0.180 e. The van der Waals surface area contributed by atoms with E-state index in [1.54, 1.807) is 0 Å². The van der Waals surface area contributed by atoms with Gasteiger partial charge >= 0.3 is 0 Å². The summed E-state index contributed by atoms with van der Waals surface area (Å²) in [4.78, 5) is 12.3. The Morgan fingerprint density at radius 1 is 1.06 bits per heavy atom. The molecule has 2 rings (SSSR count). The third kappa shape index (κ3) is 2.22. The standard InChI is InChI=1S/C15H17NO/c1-10(2)14(16)15(17)13-9-5-7-11-6-3-4-8-12(11)13/h3-10,14H,16H2,1-2H3/t14-/m1/s1. The molecule has 0 aliphatic rings. The predicted molar refractivity (Wildman–Crippen MR) is 71.1 cm³/mol. The zero-order valence-electron chi connectivity index (χ0n) is 10.2. The summed E-state index contributed by atoms with van der Waals surface area (Å²) in [7, 11) is 0. The Hall–Kier alpha value is -1.67. The Morgan fingerprint density at radius 2 is 1.71 bits per heavy atom. The minimum absolute atomic E-state index is 0.0248. The van der Waals surface area contributed by atoms with E-state index in [4.69, 9.17) is 5.73 Å². The normalized spacial score (nSPS) is 12.9. The fourth-order valence-electron chi connectivity index (χ4n) is 1.92. The van der Waals surface area contributed by atoms with E-state index in [1.165, 1.54) is 0 Å². The van der Waals surface area contributed by atoms with Gasteiger partial charge in [-0.05, 0) is 16.7 Å². The number of fused-ring (bicyclic) bond motifs is 1. The molecule has 0 fully saturated rings. The van der Waals surface area contributed by atoms with Crippen molar-refractivity contribution >= 4 is 16.6 Å². The highest BCUT2D eigenvalue weighted by Gasteiger charge is 2.20. The van der Waals surface area contributed by atoms with Crippen molar-refractivity contribution < 1.29 is 4.79 Å². The van der Waals surface area contributed by atoms with E-state index in [9.17, 15) is 4.79 Å². The van der Waals surface area contributed by atoms with Crippen LogP contribution in [-0.2, 0) is 0 Å². The number of rotatable bonds is 3. The second-order valence-electron chi connectivity index (χ2n) is 4.66. The zero-order valence-corrected chi connectivity index (χ0v) is 10.2. The summed E-state index contributed by atoms with van der Waals surface area (Å²) in [5, 5.41) is 2.06. The lowest BCUT2D eigenvalue weighted by molar-refractivity contribution is 0.0942. The first-order valence-corrected chi connectivity index (χ1v) is 5.89. The molecule has 1 atom stereocenters. The van der Waals surface area contributed by atoms with E-state index in [1.807, 2.05) is 56.3 Å². The van der Waals surface area contributed by atoms with Crippen LogP contribution in [0, 0.1) is 5.92 Å². The summed E-state index contributed by atoms with van der Waals surface area (Å²) < 4.78 is 0. The van der Waals surface area contributed by atoms with Gasteiger partial charge in [-0.1, -0.05) is 56.3 Å². The van der Waals surface area contributed by atoms with Crippen molar-refractivity contribution in [3.8, 4) is 0 Å². The average molecular weight is 227 g/mol. The maximum absolute atomic E-state index is 12.3. The Labute approximate surface area is 101 Å². The topological polar surface area (TPSA) is 43.1 Å². The van der Waals surface area contributed by atoms with E-state index in [-0.39, 0.29) is 11.7 Å². The number of nitrogens with two attached hydrogens (primary N) is 1. The molecule has 2 nitrogen and oxygen atoms in total. The first kappa shape index (κ1) is 11.8. The van der Waals surface area contributed by atoms with Gasteiger partial charge in [0.1, 0.15) is 0 Å². The van der Waals surface area contributed by atoms with Crippen LogP contribution in [-0.4, -0.2) is 11.8 Å². The fourth-order valence-corrected chi connectivity index (χ4v) is 1.92. The van der Waals surface area contributed by atoms with Gasteiger partial charge in [0.25, 0.3) is 0 Å². The lowest BCUT2D eigenvalue weighted by Crippen LogP contribution is -2.35. The van der Waals surface area contributed by atoms with Crippen LogP contribution >= 0.6 is 0 Å². The predicted octanol–water partition coefficient (Wildman–Crippen LogP) is 3.01. The molecule has 2 N–H and O–H groups in total. The van der Waals surface area contributed by atoms with Crippen LogP contribution < -0.4 is 5.73 Å². The van der Waals surface area contributed by atoms with Gasteiger partial charge in [-0.3, -0.25) is 4.79 Å². The third-order valence-electron chi connectivity index (χ3n) is 3.08. The first-order chi connectivity index (χ1) is 8.11. The lowest BCUT2D eigenvalue weighted by atomic mass is 9.92. The van der Waals surface area contributed by atoms with Crippen LogP contribution in [0.5, 0.6) is 0 Å². The Morgan fingerprint density at radius 3 is 2.41 bits per heavy atom. The number of hydrogen-bond acceptors (Lipinski definition) is 2. The van der Waals surface area contributed by atoms with Crippen molar-refractivity contribution in [1.82, 2.24) is 0 Å². The molecule has 0 saturated heterocycles. The Kier molecular flexibility index (Phi) is 3.25. The van der Waals surface area contributed by atoms with Gasteiger partial charge in [-0.2, -0.15) is 0 Å². The highest BCUT2D eigenvalue weighted by atomic mass is 16.1. The van der Waals surface area contributed by atoms with Gasteiger partial charge in [0.15, 0.2) is 5.78 Å². The number of benzene rings is 2. The van der Waals surface area contributed by atoms with Gasteiger partial charge in [-0.25, -0.2) is 0 Å². The molecule has 0 radical (unpaired) electrons. The molecule has 0 unspecified atom stereocenters. The molecule has 88 valence electrons. The molecule has 0 heterocycles. The molecule has 0 aromatic heterocycles. The largest absolute Gasteiger partial charge is 0.321 e. The molecule has 0 aliphatic heterocycles. The molecule has 0 spiro atoms. The lowest BCUT2D eigenvalue weighted by Gasteiger charge is -2.15. The summed E-state index contributed by atoms with van der Waals surface area (Å²) >= 11 is 0. The molecule has 0 bridgehead atoms. The summed E-state index contributed by atoms with van der Waals surface area (Å²) in [6.07, 6.45) is 0. The highest BCUT2D eigenvalue weighted by molar-refractivity contribution is 6.10. The monoisotopic (exact) mass is 227 g/mol. The van der Waals surface area contributed by atoms with Gasteiger partial charge in [0.2, 0.25) is 0 Å². The van der Waals surface area contributed by atoms with E-state index in [2.05, 4.69) is 0 Å². The van der Waals surface area contributed by atoms with E-state index >= 15 is 0 Å². The van der Waals surface area contributed by atoms with E-state index < -0.39 is 6.04 Å². The van der Waals surface area contributed by atoms with Crippen molar-refractivity contribution in [2.75, 3.05) is 0 Å². The van der Waals surface area contributed by atoms with Crippen LogP contribution in [0.4, 0.5) is 0 Å². The van der Waals surface area contributed by atoms with Crippen molar-refractivity contribution in [3.63, 3.8) is 0 Å². The Bertz CT molecular complexity index is 540. The number of ketones is 1. The maximum Gasteiger partial charge on any atom is 0.180 e. The zero-order chi connectivity index (χ0) is 12.4. The molecular weight excluding hydrogens is 210 g/mol. The van der Waals surface area contributed by atoms with Crippen LogP contribution in [0.15, 0.2) is 42.5 Å². The quantitative estimate of drug-likeness (QED) is 0.819. The van der Waals surface area contributed by atoms with Crippen LogP contribution in [0.2, 0.25) is 0 Å². The molecule has 2 aromatic rings. The van der Waals surface area contributed by atoms with Crippen LogP contribution in [0.25, 0.3) is 10.8 Å². The van der Waals surface area contributed by atoms with Gasteiger partial charge in [-0.15, -0.1) is 0 Å². The van der Waals surface area contributed by atoms with Gasteiger partial charge < -0.3 is 5.73 Å². The summed E-state index contributed by atoms with van der Waals surface area (Å²) in [5.41, 5.74) is 6.66. The van der Waals surface area contributed by atoms with E-state index in [0.29, 0.717) is 0 Å². The molecule has 17 heavy (non-hydrogen) atoms. The van der Waals surface area contributed by atoms with E-state index in [0.717, 1.165) is 16.3 Å². The molecule has 2 heteroatoms. The number of Topliss-reactive ketones (excluding diaryl/α,β-unsaturated/α-hetero) is 1. The minimum Gasteiger partial charge on any atom is -0.321 e. The molecular formula is C15H17NO. The average Bonchev–Trinajstić information content (AvgIpc) is 2.36. The van der Waals surface area contributed by atoms with Crippen molar-refractivity contribution in [2.45, 2.75) is 19.9 Å². The first-order valence-electron chi connectivity index (χ1n) is 5.89. The molecule has 2 aromatic carbocycles. The minimum atomic E-state index is -0.430.